The first-order valence-electron chi connectivity index (χ1n) is 5.34. The molecule has 1 amide bonds. The lowest BCUT2D eigenvalue weighted by Gasteiger charge is -2.36. The van der Waals surface area contributed by atoms with Crippen molar-refractivity contribution >= 4 is 5.91 Å². The van der Waals surface area contributed by atoms with E-state index in [1.807, 2.05) is 0 Å². The maximum atomic E-state index is 12.5. The van der Waals surface area contributed by atoms with E-state index >= 15 is 0 Å². The maximum Gasteiger partial charge on any atom is 0.397 e. The molecule has 0 N–H and O–H groups in total. The van der Waals surface area contributed by atoms with Crippen molar-refractivity contribution in [2.75, 3.05) is 13.1 Å². The molecule has 0 aromatic rings. The van der Waals surface area contributed by atoms with E-state index in [1.54, 1.807) is 0 Å². The van der Waals surface area contributed by atoms with Gasteiger partial charge in [-0.15, -0.1) is 0 Å². The molecule has 0 aromatic heterocycles. The van der Waals surface area contributed by atoms with E-state index in [4.69, 9.17) is 0 Å². The molecule has 1 aliphatic rings. The Bertz CT molecular complexity index is 270. The van der Waals surface area contributed by atoms with Gasteiger partial charge >= 0.3 is 6.18 Å². The van der Waals surface area contributed by atoms with Crippen LogP contribution in [-0.4, -0.2) is 36.5 Å². The number of amides is 1. The van der Waals surface area contributed by atoms with E-state index in [0.717, 1.165) is 0 Å². The van der Waals surface area contributed by atoms with E-state index in [0.29, 0.717) is 0 Å². The summed E-state index contributed by atoms with van der Waals surface area (Å²) >= 11 is 0. The average molecular weight is 259 g/mol. The molecule has 1 saturated heterocycles. The number of alkyl halides is 5. The van der Waals surface area contributed by atoms with Gasteiger partial charge in [-0.1, -0.05) is 0 Å². The van der Waals surface area contributed by atoms with Gasteiger partial charge < -0.3 is 4.90 Å². The first kappa shape index (κ1) is 14.2. The van der Waals surface area contributed by atoms with Gasteiger partial charge in [0.25, 0.3) is 0 Å². The second-order valence-electron chi connectivity index (χ2n) is 4.25. The lowest BCUT2D eigenvalue weighted by molar-refractivity contribution is -0.226. The number of likely N-dealkylation sites (tertiary alicyclic amines) is 1. The minimum Gasteiger partial charge on any atom is -0.343 e. The first-order valence-corrected chi connectivity index (χ1v) is 5.34. The quantitative estimate of drug-likeness (QED) is 0.698. The van der Waals surface area contributed by atoms with Crippen molar-refractivity contribution in [3.63, 3.8) is 0 Å². The third-order valence-electron chi connectivity index (χ3n) is 3.14. The second kappa shape index (κ2) is 5.18. The topological polar surface area (TPSA) is 20.3 Å². The summed E-state index contributed by atoms with van der Waals surface area (Å²) in [6.45, 7) is 1.56. The molecule has 17 heavy (non-hydrogen) atoms. The van der Waals surface area contributed by atoms with Crippen LogP contribution in [0, 0.1) is 11.8 Å². The standard InChI is InChI=1S/C10H14F5NO/c1-6(17)16-4-2-7(3-5-16)8(9(11)12)10(13,14)15/h7-9H,2-5H2,1H3. The Hall–Kier alpha value is -0.880. The van der Waals surface area contributed by atoms with Gasteiger partial charge in [0.2, 0.25) is 12.3 Å². The van der Waals surface area contributed by atoms with Crippen molar-refractivity contribution in [1.82, 2.24) is 4.90 Å². The van der Waals surface area contributed by atoms with Crippen LogP contribution in [-0.2, 0) is 4.79 Å². The van der Waals surface area contributed by atoms with Crippen molar-refractivity contribution in [3.05, 3.63) is 0 Å². The fourth-order valence-corrected chi connectivity index (χ4v) is 2.19. The molecule has 1 aliphatic heterocycles. The van der Waals surface area contributed by atoms with Gasteiger partial charge in [-0.05, 0) is 18.8 Å². The highest BCUT2D eigenvalue weighted by Crippen LogP contribution is 2.40. The fraction of sp³-hybridized carbons (Fsp3) is 0.900. The number of halogens is 5. The molecular formula is C10H14F5NO. The lowest BCUT2D eigenvalue weighted by Crippen LogP contribution is -2.44. The minimum atomic E-state index is -4.88. The summed E-state index contributed by atoms with van der Waals surface area (Å²) in [6.07, 6.45) is -8.32. The summed E-state index contributed by atoms with van der Waals surface area (Å²) in [5.74, 6) is -3.90. The Labute approximate surface area is 95.8 Å². The molecular weight excluding hydrogens is 245 g/mol. The van der Waals surface area contributed by atoms with E-state index < -0.39 is 24.4 Å². The van der Waals surface area contributed by atoms with Gasteiger partial charge in [0.05, 0.1) is 0 Å². The van der Waals surface area contributed by atoms with Crippen molar-refractivity contribution in [2.45, 2.75) is 32.4 Å². The lowest BCUT2D eigenvalue weighted by atomic mass is 9.84. The second-order valence-corrected chi connectivity index (χ2v) is 4.25. The molecule has 0 radical (unpaired) electrons. The van der Waals surface area contributed by atoms with Crippen LogP contribution >= 0.6 is 0 Å². The number of piperidine rings is 1. The van der Waals surface area contributed by atoms with Crippen LogP contribution < -0.4 is 0 Å². The van der Waals surface area contributed by atoms with Gasteiger partial charge in [-0.25, -0.2) is 8.78 Å². The molecule has 100 valence electrons. The summed E-state index contributed by atoms with van der Waals surface area (Å²) < 4.78 is 62.2. The Kier molecular flexibility index (Phi) is 4.32. The number of rotatable bonds is 2. The molecule has 0 saturated carbocycles. The Morgan fingerprint density at radius 2 is 1.71 bits per heavy atom. The smallest absolute Gasteiger partial charge is 0.343 e. The van der Waals surface area contributed by atoms with E-state index in [9.17, 15) is 26.7 Å². The van der Waals surface area contributed by atoms with Crippen LogP contribution in [0.1, 0.15) is 19.8 Å². The fourth-order valence-electron chi connectivity index (χ4n) is 2.19. The van der Waals surface area contributed by atoms with Gasteiger partial charge in [0.15, 0.2) is 0 Å². The molecule has 1 heterocycles. The number of nitrogens with zero attached hydrogens (tertiary/aromatic N) is 1. The summed E-state index contributed by atoms with van der Waals surface area (Å²) in [5, 5.41) is 0. The molecule has 0 spiro atoms. The number of carbonyl (C=O) groups is 1. The largest absolute Gasteiger partial charge is 0.397 e. The van der Waals surface area contributed by atoms with Gasteiger partial charge in [-0.2, -0.15) is 13.2 Å². The summed E-state index contributed by atoms with van der Waals surface area (Å²) in [6, 6.07) is 0. The Balaban J connectivity index is 2.65. The third kappa shape index (κ3) is 3.54. The molecule has 1 unspecified atom stereocenters. The highest BCUT2D eigenvalue weighted by atomic mass is 19.4. The predicted molar refractivity (Wildman–Crippen MR) is 50.5 cm³/mol. The van der Waals surface area contributed by atoms with Crippen LogP contribution in [0.3, 0.4) is 0 Å². The molecule has 7 heteroatoms. The van der Waals surface area contributed by atoms with Crippen molar-refractivity contribution in [2.24, 2.45) is 11.8 Å². The minimum absolute atomic E-state index is 0.0197. The van der Waals surface area contributed by atoms with E-state index in [2.05, 4.69) is 0 Å². The predicted octanol–water partition coefficient (Wildman–Crippen LogP) is 2.69. The Morgan fingerprint density at radius 1 is 1.24 bits per heavy atom. The molecule has 1 atom stereocenters. The zero-order valence-electron chi connectivity index (χ0n) is 9.31. The van der Waals surface area contributed by atoms with Crippen molar-refractivity contribution in [1.29, 1.82) is 0 Å². The molecule has 0 bridgehead atoms. The molecule has 2 nitrogen and oxygen atoms in total. The Morgan fingerprint density at radius 3 is 2.00 bits per heavy atom. The molecule has 0 aromatic carbocycles. The van der Waals surface area contributed by atoms with Crippen LogP contribution in [0.5, 0.6) is 0 Å². The summed E-state index contributed by atoms with van der Waals surface area (Å²) in [5.41, 5.74) is 0. The van der Waals surface area contributed by atoms with Crippen LogP contribution in [0.2, 0.25) is 0 Å². The van der Waals surface area contributed by atoms with Gasteiger partial charge in [-0.3, -0.25) is 4.79 Å². The summed E-state index contributed by atoms with van der Waals surface area (Å²) in [7, 11) is 0. The van der Waals surface area contributed by atoms with Crippen LogP contribution in [0.15, 0.2) is 0 Å². The zero-order valence-corrected chi connectivity index (χ0v) is 9.31. The normalized spacial score (nSPS) is 20.8. The van der Waals surface area contributed by atoms with Crippen LogP contribution in [0.4, 0.5) is 22.0 Å². The highest BCUT2D eigenvalue weighted by molar-refractivity contribution is 5.73. The van der Waals surface area contributed by atoms with Crippen molar-refractivity contribution < 1.29 is 26.7 Å². The van der Waals surface area contributed by atoms with Gasteiger partial charge in [0.1, 0.15) is 5.92 Å². The average Bonchev–Trinajstić information content (AvgIpc) is 2.15. The SMILES string of the molecule is CC(=O)N1CCC(C(C(F)F)C(F)(F)F)CC1. The van der Waals surface area contributed by atoms with Gasteiger partial charge in [0, 0.05) is 20.0 Å². The maximum absolute atomic E-state index is 12.5. The van der Waals surface area contributed by atoms with Crippen molar-refractivity contribution in [3.8, 4) is 0 Å². The number of hydrogen-bond acceptors (Lipinski definition) is 1. The van der Waals surface area contributed by atoms with E-state index in [-0.39, 0.29) is 31.8 Å². The number of carbonyl (C=O) groups excluding carboxylic acids is 1. The molecule has 0 aliphatic carbocycles. The van der Waals surface area contributed by atoms with Crippen LogP contribution in [0.25, 0.3) is 0 Å². The first-order chi connectivity index (χ1) is 7.73. The molecule has 1 rings (SSSR count). The summed E-state index contributed by atoms with van der Waals surface area (Å²) in [4.78, 5) is 12.3. The zero-order chi connectivity index (χ0) is 13.2. The van der Waals surface area contributed by atoms with E-state index in [1.165, 1.54) is 11.8 Å². The monoisotopic (exact) mass is 259 g/mol. The third-order valence-corrected chi connectivity index (χ3v) is 3.14. The highest BCUT2D eigenvalue weighted by Gasteiger charge is 2.50. The number of hydrogen-bond donors (Lipinski definition) is 0. The molecule has 1 fully saturated rings.